The summed E-state index contributed by atoms with van der Waals surface area (Å²) in [5, 5.41) is 3.58. The number of benzene rings is 2. The second-order valence-electron chi connectivity index (χ2n) is 8.26. The Morgan fingerprint density at radius 2 is 1.86 bits per heavy atom. The number of halogens is 1. The molecule has 0 unspecified atom stereocenters. The quantitative estimate of drug-likeness (QED) is 0.273. The lowest BCUT2D eigenvalue weighted by Gasteiger charge is -2.10. The number of aromatic nitrogens is 3. The van der Waals surface area contributed by atoms with Gasteiger partial charge in [-0.2, -0.15) is 0 Å². The van der Waals surface area contributed by atoms with E-state index in [0.717, 1.165) is 21.4 Å². The highest BCUT2D eigenvalue weighted by Crippen LogP contribution is 2.30. The summed E-state index contributed by atoms with van der Waals surface area (Å²) in [5.74, 6) is -0.139. The zero-order valence-electron chi connectivity index (χ0n) is 19.6. The lowest BCUT2D eigenvalue weighted by atomic mass is 10.1. The van der Waals surface area contributed by atoms with Crippen LogP contribution in [0, 0.1) is 6.92 Å². The summed E-state index contributed by atoms with van der Waals surface area (Å²) in [6.07, 6.45) is 1.41. The minimum Gasteiger partial charge on any atom is -0.308 e. The van der Waals surface area contributed by atoms with Gasteiger partial charge in [-0.25, -0.2) is 23.1 Å². The van der Waals surface area contributed by atoms with Gasteiger partial charge in [-0.05, 0) is 59.3 Å². The van der Waals surface area contributed by atoms with Gasteiger partial charge in [0, 0.05) is 9.90 Å². The Morgan fingerprint density at radius 3 is 2.59 bits per heavy atom. The van der Waals surface area contributed by atoms with Crippen molar-refractivity contribution in [3.05, 3.63) is 111 Å². The molecular weight excluding hydrogens is 528 g/mol. The van der Waals surface area contributed by atoms with E-state index in [1.807, 2.05) is 58.0 Å². The Bertz CT molecular complexity index is 1730. The number of amides is 1. The molecule has 0 aliphatic rings. The lowest BCUT2D eigenvalue weighted by molar-refractivity contribution is 0.0977. The first-order valence-electron chi connectivity index (χ1n) is 11.3. The Hall–Kier alpha value is -3.79. The van der Waals surface area contributed by atoms with Gasteiger partial charge in [0.25, 0.3) is 15.9 Å². The van der Waals surface area contributed by atoms with Crippen molar-refractivity contribution in [3.8, 4) is 10.4 Å². The number of sulfonamides is 1. The summed E-state index contributed by atoms with van der Waals surface area (Å²) in [6.45, 7) is 2.23. The molecule has 0 atom stereocenters. The molecule has 1 amide bonds. The maximum absolute atomic E-state index is 12.8. The van der Waals surface area contributed by atoms with Gasteiger partial charge in [-0.15, -0.1) is 11.3 Å². The van der Waals surface area contributed by atoms with Crippen molar-refractivity contribution >= 4 is 56.1 Å². The lowest BCUT2D eigenvalue weighted by Crippen LogP contribution is -2.29. The van der Waals surface area contributed by atoms with Crippen molar-refractivity contribution in [3.63, 3.8) is 0 Å². The van der Waals surface area contributed by atoms with Crippen LogP contribution in [0.5, 0.6) is 0 Å². The minimum absolute atomic E-state index is 0.0375. The van der Waals surface area contributed by atoms with Crippen molar-refractivity contribution in [1.82, 2.24) is 19.3 Å². The van der Waals surface area contributed by atoms with Crippen LogP contribution in [0.15, 0.2) is 83.6 Å². The number of pyridine rings is 1. The molecule has 0 aliphatic heterocycles. The van der Waals surface area contributed by atoms with Crippen LogP contribution >= 0.6 is 22.9 Å². The Balaban J connectivity index is 1.39. The summed E-state index contributed by atoms with van der Waals surface area (Å²) in [4.78, 5) is 22.9. The van der Waals surface area contributed by atoms with Crippen LogP contribution in [0.3, 0.4) is 0 Å². The molecule has 37 heavy (non-hydrogen) atoms. The number of fused-ring (bicyclic) bond motifs is 1. The molecule has 186 valence electrons. The monoisotopic (exact) mass is 548 g/mol. The molecular formula is C27H21ClN4O3S2. The largest absolute Gasteiger partial charge is 0.308 e. The Kier molecular flexibility index (Phi) is 6.92. The maximum Gasteiger partial charge on any atom is 0.283 e. The predicted molar refractivity (Wildman–Crippen MR) is 148 cm³/mol. The molecule has 0 aliphatic carbocycles. The molecule has 0 saturated heterocycles. The molecule has 0 spiro atoms. The van der Waals surface area contributed by atoms with E-state index in [-0.39, 0.29) is 5.69 Å². The smallest absolute Gasteiger partial charge is 0.283 e. The zero-order valence-corrected chi connectivity index (χ0v) is 22.0. The van der Waals surface area contributed by atoms with E-state index < -0.39 is 15.9 Å². The standard InChI is InChI=1S/C27H21ClN4O3S2/c1-18-29-23-11-12-24(27(33)31-37(34,35)15-13-19-6-3-2-4-7-19)30-26(23)32(18)17-21-10-9-20(16-22(21)28)25-8-5-14-36-25/h2-16H,17H2,1H3,(H,31,33)/b15-13+. The molecule has 3 heterocycles. The number of carbonyl (C=O) groups excluding carboxylic acids is 1. The Morgan fingerprint density at radius 1 is 1.05 bits per heavy atom. The molecule has 7 nitrogen and oxygen atoms in total. The van der Waals surface area contributed by atoms with E-state index in [1.54, 1.807) is 41.7 Å². The highest BCUT2D eigenvalue weighted by atomic mass is 35.5. The first-order valence-corrected chi connectivity index (χ1v) is 14.1. The number of carbonyl (C=O) groups is 1. The number of thiophene rings is 1. The Labute approximate surface area is 223 Å². The topological polar surface area (TPSA) is 93.9 Å². The summed E-state index contributed by atoms with van der Waals surface area (Å²) in [6, 6.07) is 22.0. The van der Waals surface area contributed by atoms with Crippen molar-refractivity contribution in [1.29, 1.82) is 0 Å². The van der Waals surface area contributed by atoms with Crippen molar-refractivity contribution < 1.29 is 13.2 Å². The predicted octanol–water partition coefficient (Wildman–Crippen LogP) is 5.90. The number of rotatable bonds is 7. The third kappa shape index (κ3) is 5.64. The molecule has 2 aromatic carbocycles. The number of hydrogen-bond acceptors (Lipinski definition) is 6. The second kappa shape index (κ2) is 10.3. The normalized spacial score (nSPS) is 11.8. The van der Waals surface area contributed by atoms with Gasteiger partial charge in [0.05, 0.1) is 12.0 Å². The molecule has 5 aromatic rings. The van der Waals surface area contributed by atoms with E-state index in [0.29, 0.717) is 34.1 Å². The fourth-order valence-electron chi connectivity index (χ4n) is 3.82. The highest BCUT2D eigenvalue weighted by molar-refractivity contribution is 7.93. The third-order valence-electron chi connectivity index (χ3n) is 5.68. The van der Waals surface area contributed by atoms with Gasteiger partial charge < -0.3 is 4.57 Å². The van der Waals surface area contributed by atoms with Crippen LogP contribution in [-0.4, -0.2) is 28.9 Å². The van der Waals surface area contributed by atoms with E-state index >= 15 is 0 Å². The van der Waals surface area contributed by atoms with E-state index in [4.69, 9.17) is 11.6 Å². The third-order valence-corrected chi connectivity index (χ3v) is 7.91. The van der Waals surface area contributed by atoms with Gasteiger partial charge in [0.2, 0.25) is 0 Å². The first-order chi connectivity index (χ1) is 17.8. The average molecular weight is 549 g/mol. The van der Waals surface area contributed by atoms with Gasteiger partial charge in [0.1, 0.15) is 17.0 Å². The molecule has 10 heteroatoms. The molecule has 0 saturated carbocycles. The molecule has 0 bridgehead atoms. The van der Waals surface area contributed by atoms with Crippen molar-refractivity contribution in [2.24, 2.45) is 0 Å². The summed E-state index contributed by atoms with van der Waals surface area (Å²) >= 11 is 8.25. The summed E-state index contributed by atoms with van der Waals surface area (Å²) in [5.41, 5.74) is 3.61. The van der Waals surface area contributed by atoms with E-state index in [2.05, 4.69) is 9.97 Å². The van der Waals surface area contributed by atoms with Crippen molar-refractivity contribution in [2.45, 2.75) is 13.5 Å². The second-order valence-corrected chi connectivity index (χ2v) is 11.2. The van der Waals surface area contributed by atoms with Crippen LogP contribution in [0.2, 0.25) is 5.02 Å². The number of nitrogens with one attached hydrogen (secondary N) is 1. The summed E-state index contributed by atoms with van der Waals surface area (Å²) in [7, 11) is -4.02. The fourth-order valence-corrected chi connectivity index (χ4v) is 5.55. The van der Waals surface area contributed by atoms with Crippen LogP contribution in [0.4, 0.5) is 0 Å². The zero-order chi connectivity index (χ0) is 26.0. The molecule has 0 fully saturated rings. The molecule has 1 N–H and O–H groups in total. The van der Waals surface area contributed by atoms with Gasteiger partial charge in [-0.1, -0.05) is 60.1 Å². The van der Waals surface area contributed by atoms with Crippen LogP contribution < -0.4 is 4.72 Å². The van der Waals surface area contributed by atoms with Crippen LogP contribution in [0.1, 0.15) is 27.4 Å². The SMILES string of the molecule is Cc1nc2ccc(C(=O)NS(=O)(=O)/C=C/c3ccccc3)nc2n1Cc1ccc(-c2cccs2)cc1Cl. The van der Waals surface area contributed by atoms with Crippen LogP contribution in [0.25, 0.3) is 27.7 Å². The van der Waals surface area contributed by atoms with Gasteiger partial charge >= 0.3 is 0 Å². The van der Waals surface area contributed by atoms with Crippen molar-refractivity contribution in [2.75, 3.05) is 0 Å². The maximum atomic E-state index is 12.8. The number of hydrogen-bond donors (Lipinski definition) is 1. The first kappa shape index (κ1) is 24.9. The summed E-state index contributed by atoms with van der Waals surface area (Å²) < 4.78 is 28.8. The number of aryl methyl sites for hydroxylation is 1. The van der Waals surface area contributed by atoms with Gasteiger partial charge in [0.15, 0.2) is 5.65 Å². The number of imidazole rings is 1. The molecule has 0 radical (unpaired) electrons. The van der Waals surface area contributed by atoms with E-state index in [1.165, 1.54) is 12.1 Å². The number of nitrogens with zero attached hydrogens (tertiary/aromatic N) is 3. The average Bonchev–Trinajstić information content (AvgIpc) is 3.52. The molecule has 3 aromatic heterocycles. The highest BCUT2D eigenvalue weighted by Gasteiger charge is 2.18. The minimum atomic E-state index is -4.02. The molecule has 5 rings (SSSR count). The fraction of sp³-hybridized carbons (Fsp3) is 0.0741. The van der Waals surface area contributed by atoms with Gasteiger partial charge in [-0.3, -0.25) is 4.79 Å². The van der Waals surface area contributed by atoms with E-state index in [9.17, 15) is 13.2 Å². The van der Waals surface area contributed by atoms with Crippen LogP contribution in [-0.2, 0) is 16.6 Å².